The van der Waals surface area contributed by atoms with Crippen molar-refractivity contribution in [2.45, 2.75) is 6.10 Å². The van der Waals surface area contributed by atoms with E-state index in [1.165, 1.54) is 12.1 Å². The number of rotatable bonds is 3. The van der Waals surface area contributed by atoms with E-state index in [9.17, 15) is 15.2 Å². The van der Waals surface area contributed by atoms with Gasteiger partial charge in [0.25, 0.3) is 5.69 Å². The molecule has 0 aromatic heterocycles. The zero-order valence-electron chi connectivity index (χ0n) is 7.18. The lowest BCUT2D eigenvalue weighted by Crippen LogP contribution is -2.00. The Morgan fingerprint density at radius 1 is 1.64 bits per heavy atom. The topological polar surface area (TPSA) is 63.4 Å². The van der Waals surface area contributed by atoms with Crippen LogP contribution in [0.25, 0.3) is 0 Å². The number of aliphatic hydroxyl groups is 1. The van der Waals surface area contributed by atoms with Gasteiger partial charge in [0, 0.05) is 0 Å². The summed E-state index contributed by atoms with van der Waals surface area (Å²) in [7, 11) is 0. The van der Waals surface area contributed by atoms with Gasteiger partial charge in [-0.2, -0.15) is 0 Å². The molecule has 1 aromatic rings. The van der Waals surface area contributed by atoms with Crippen LogP contribution in [0.1, 0.15) is 11.7 Å². The van der Waals surface area contributed by atoms with Crippen LogP contribution in [0.5, 0.6) is 0 Å². The molecular weight excluding hydrogens is 250 g/mol. The first kappa shape index (κ1) is 10.9. The molecule has 0 saturated heterocycles. The maximum absolute atomic E-state index is 10.7. The van der Waals surface area contributed by atoms with Gasteiger partial charge in [-0.1, -0.05) is 12.1 Å². The van der Waals surface area contributed by atoms with Gasteiger partial charge in [0.1, 0.15) is 6.10 Å². The molecule has 0 radical (unpaired) electrons. The quantitative estimate of drug-likeness (QED) is 0.514. The molecule has 0 aliphatic heterocycles. The molecule has 14 heavy (non-hydrogen) atoms. The molecule has 5 heteroatoms. The van der Waals surface area contributed by atoms with E-state index >= 15 is 0 Å². The molecule has 4 nitrogen and oxygen atoms in total. The minimum absolute atomic E-state index is 0.125. The van der Waals surface area contributed by atoms with E-state index in [-0.39, 0.29) is 11.3 Å². The first-order valence-electron chi connectivity index (χ1n) is 3.81. The number of halogens is 1. The number of hydrogen-bond donors (Lipinski definition) is 1. The van der Waals surface area contributed by atoms with Crippen LogP contribution < -0.4 is 0 Å². The maximum Gasteiger partial charge on any atom is 0.289 e. The number of nitro groups is 1. The van der Waals surface area contributed by atoms with Crippen molar-refractivity contribution in [2.24, 2.45) is 0 Å². The van der Waals surface area contributed by atoms with Crippen LogP contribution in [-0.4, -0.2) is 10.0 Å². The van der Waals surface area contributed by atoms with Gasteiger partial charge in [-0.15, -0.1) is 6.58 Å². The normalized spacial score (nSPS) is 12.1. The van der Waals surface area contributed by atoms with Gasteiger partial charge < -0.3 is 5.11 Å². The number of nitrogens with zero attached hydrogens (tertiary/aromatic N) is 1. The molecule has 0 fully saturated rings. The predicted octanol–water partition coefficient (Wildman–Crippen LogP) is 2.58. The summed E-state index contributed by atoms with van der Waals surface area (Å²) >= 11 is 3.06. The standard InChI is InChI=1S/C9H8BrNO3/c1-2-8(12)6-4-3-5-7(10)9(6)11(13)14/h2-5,8,12H,1H2. The van der Waals surface area contributed by atoms with Gasteiger partial charge in [-0.3, -0.25) is 10.1 Å². The van der Waals surface area contributed by atoms with Crippen LogP contribution in [0.4, 0.5) is 5.69 Å². The van der Waals surface area contributed by atoms with E-state index in [4.69, 9.17) is 0 Å². The molecule has 1 unspecified atom stereocenters. The molecule has 1 N–H and O–H groups in total. The van der Waals surface area contributed by atoms with E-state index < -0.39 is 11.0 Å². The van der Waals surface area contributed by atoms with Crippen LogP contribution in [-0.2, 0) is 0 Å². The van der Waals surface area contributed by atoms with Gasteiger partial charge in [-0.25, -0.2) is 0 Å². The van der Waals surface area contributed by atoms with Crippen LogP contribution >= 0.6 is 15.9 Å². The maximum atomic E-state index is 10.7. The summed E-state index contributed by atoms with van der Waals surface area (Å²) in [6.45, 7) is 3.38. The molecule has 0 saturated carbocycles. The highest BCUT2D eigenvalue weighted by atomic mass is 79.9. The second-order valence-corrected chi connectivity index (χ2v) is 3.47. The Morgan fingerprint density at radius 3 is 2.79 bits per heavy atom. The Kier molecular flexibility index (Phi) is 3.38. The van der Waals surface area contributed by atoms with E-state index in [1.807, 2.05) is 0 Å². The SMILES string of the molecule is C=CC(O)c1cccc(Br)c1[N+](=O)[O-]. The Balaban J connectivity index is 3.35. The fourth-order valence-electron chi connectivity index (χ4n) is 1.09. The van der Waals surface area contributed by atoms with Crippen molar-refractivity contribution in [3.63, 3.8) is 0 Å². The van der Waals surface area contributed by atoms with Gasteiger partial charge in [0.15, 0.2) is 0 Å². The van der Waals surface area contributed by atoms with Crippen molar-refractivity contribution >= 4 is 21.6 Å². The molecule has 74 valence electrons. The van der Waals surface area contributed by atoms with E-state index in [2.05, 4.69) is 22.5 Å². The summed E-state index contributed by atoms with van der Waals surface area (Å²) in [5.41, 5.74) is 0.110. The van der Waals surface area contributed by atoms with Crippen molar-refractivity contribution in [1.82, 2.24) is 0 Å². The third-order valence-corrected chi connectivity index (χ3v) is 2.38. The van der Waals surface area contributed by atoms with Crippen molar-refractivity contribution < 1.29 is 10.0 Å². The van der Waals surface area contributed by atoms with Crippen LogP contribution in [0.15, 0.2) is 35.3 Å². The summed E-state index contributed by atoms with van der Waals surface area (Å²) in [6.07, 6.45) is 0.224. The third kappa shape index (κ3) is 2.00. The minimum atomic E-state index is -1.02. The zero-order chi connectivity index (χ0) is 10.7. The number of para-hydroxylation sites is 1. The highest BCUT2D eigenvalue weighted by Gasteiger charge is 2.21. The minimum Gasteiger partial charge on any atom is -0.384 e. The Labute approximate surface area is 89.2 Å². The summed E-state index contributed by atoms with van der Waals surface area (Å²) in [6, 6.07) is 4.67. The molecule has 1 atom stereocenters. The predicted molar refractivity (Wildman–Crippen MR) is 56.0 cm³/mol. The Bertz CT molecular complexity index is 378. The van der Waals surface area contributed by atoms with E-state index in [1.54, 1.807) is 12.1 Å². The van der Waals surface area contributed by atoms with Gasteiger partial charge >= 0.3 is 0 Å². The Hall–Kier alpha value is -1.20. The lowest BCUT2D eigenvalue weighted by molar-refractivity contribution is -0.386. The molecule has 0 spiro atoms. The largest absolute Gasteiger partial charge is 0.384 e. The summed E-state index contributed by atoms with van der Waals surface area (Å²) < 4.78 is 0.348. The molecule has 1 rings (SSSR count). The first-order chi connectivity index (χ1) is 6.57. The summed E-state index contributed by atoms with van der Waals surface area (Å²) in [4.78, 5) is 10.2. The second-order valence-electron chi connectivity index (χ2n) is 2.62. The van der Waals surface area contributed by atoms with E-state index in [0.29, 0.717) is 4.47 Å². The van der Waals surface area contributed by atoms with Crippen molar-refractivity contribution in [3.8, 4) is 0 Å². The Morgan fingerprint density at radius 2 is 2.29 bits per heavy atom. The van der Waals surface area contributed by atoms with Gasteiger partial charge in [0.2, 0.25) is 0 Å². The number of hydrogen-bond acceptors (Lipinski definition) is 3. The van der Waals surface area contributed by atoms with Gasteiger partial charge in [-0.05, 0) is 28.1 Å². The highest BCUT2D eigenvalue weighted by Crippen LogP contribution is 2.32. The van der Waals surface area contributed by atoms with Crippen molar-refractivity contribution in [1.29, 1.82) is 0 Å². The number of benzene rings is 1. The molecule has 1 aromatic carbocycles. The second kappa shape index (κ2) is 4.34. The average Bonchev–Trinajstić information content (AvgIpc) is 2.15. The smallest absolute Gasteiger partial charge is 0.289 e. The molecule has 0 amide bonds. The molecule has 0 heterocycles. The van der Waals surface area contributed by atoms with Crippen LogP contribution in [0, 0.1) is 10.1 Å². The van der Waals surface area contributed by atoms with Gasteiger partial charge in [0.05, 0.1) is 15.0 Å². The molecular formula is C9H8BrNO3. The van der Waals surface area contributed by atoms with E-state index in [0.717, 1.165) is 0 Å². The monoisotopic (exact) mass is 257 g/mol. The van der Waals surface area contributed by atoms with Crippen molar-refractivity contribution in [2.75, 3.05) is 0 Å². The molecule has 0 aliphatic carbocycles. The molecule has 0 bridgehead atoms. The lowest BCUT2D eigenvalue weighted by atomic mass is 10.1. The summed E-state index contributed by atoms with van der Waals surface area (Å²) in [5, 5.41) is 20.1. The van der Waals surface area contributed by atoms with Crippen LogP contribution in [0.2, 0.25) is 0 Å². The number of aliphatic hydroxyl groups excluding tert-OH is 1. The third-order valence-electron chi connectivity index (χ3n) is 1.74. The lowest BCUT2D eigenvalue weighted by Gasteiger charge is -2.06. The zero-order valence-corrected chi connectivity index (χ0v) is 8.77. The summed E-state index contributed by atoms with van der Waals surface area (Å²) in [5.74, 6) is 0. The highest BCUT2D eigenvalue weighted by molar-refractivity contribution is 9.10. The number of nitro benzene ring substituents is 1. The average molecular weight is 258 g/mol. The first-order valence-corrected chi connectivity index (χ1v) is 4.60. The fraction of sp³-hybridized carbons (Fsp3) is 0.111. The van der Waals surface area contributed by atoms with Crippen LogP contribution in [0.3, 0.4) is 0 Å². The fourth-order valence-corrected chi connectivity index (χ4v) is 1.62. The van der Waals surface area contributed by atoms with Crippen molar-refractivity contribution in [3.05, 3.63) is 51.0 Å². The molecule has 0 aliphatic rings.